The predicted octanol–water partition coefficient (Wildman–Crippen LogP) is 5.96. The van der Waals surface area contributed by atoms with E-state index in [1.165, 1.54) is 0 Å². The molecule has 3 N–H and O–H groups in total. The fraction of sp³-hybridized carbons (Fsp3) is 0.273. The maximum atomic E-state index is 13.7. The molecule has 12 heteroatoms. The quantitative estimate of drug-likeness (QED) is 0.175. The molecular weight excluding hydrogens is 584 g/mol. The maximum Gasteiger partial charge on any atom is 0.323 e. The van der Waals surface area contributed by atoms with Crippen LogP contribution in [-0.2, 0) is 20.1 Å². The molecule has 0 bridgehead atoms. The zero-order valence-corrected chi connectivity index (χ0v) is 25.7. The van der Waals surface area contributed by atoms with Gasteiger partial charge in [-0.1, -0.05) is 36.4 Å². The van der Waals surface area contributed by atoms with Gasteiger partial charge in [0.05, 0.1) is 18.9 Å². The summed E-state index contributed by atoms with van der Waals surface area (Å²) in [6.45, 7) is 1.02. The van der Waals surface area contributed by atoms with Crippen molar-refractivity contribution in [3.8, 4) is 17.2 Å². The van der Waals surface area contributed by atoms with E-state index in [4.69, 9.17) is 4.98 Å². The minimum absolute atomic E-state index is 0.0273. The Hall–Kier alpha value is -5.28. The number of nitriles is 1. The summed E-state index contributed by atoms with van der Waals surface area (Å²) in [5.41, 5.74) is 3.35. The average molecular weight is 619 g/mol. The Morgan fingerprint density at radius 1 is 1.00 bits per heavy atom. The molecule has 45 heavy (non-hydrogen) atoms. The van der Waals surface area contributed by atoms with Crippen LogP contribution in [0.1, 0.15) is 41.7 Å². The summed E-state index contributed by atoms with van der Waals surface area (Å²) in [6.07, 6.45) is 10.3. The molecule has 5 aromatic rings. The van der Waals surface area contributed by atoms with Crippen LogP contribution in [0.4, 0.5) is 22.4 Å². The second-order valence-corrected chi connectivity index (χ2v) is 12.0. The molecule has 1 aliphatic rings. The van der Waals surface area contributed by atoms with E-state index in [-0.39, 0.29) is 18.1 Å². The number of urea groups is 1. The topological polar surface area (TPSA) is 137 Å². The zero-order chi connectivity index (χ0) is 31.0. The lowest BCUT2D eigenvalue weighted by Crippen LogP contribution is -2.49. The summed E-state index contributed by atoms with van der Waals surface area (Å²) in [6, 6.07) is 19.9. The third kappa shape index (κ3) is 7.45. The van der Waals surface area contributed by atoms with Gasteiger partial charge in [-0.15, -0.1) is 11.3 Å². The largest absolute Gasteiger partial charge is 0.364 e. The van der Waals surface area contributed by atoms with Crippen molar-refractivity contribution < 1.29 is 4.79 Å². The molecule has 0 aliphatic heterocycles. The van der Waals surface area contributed by atoms with E-state index in [9.17, 15) is 10.1 Å². The van der Waals surface area contributed by atoms with Gasteiger partial charge in [0.15, 0.2) is 0 Å². The minimum Gasteiger partial charge on any atom is -0.364 e. The highest BCUT2D eigenvalue weighted by molar-refractivity contribution is 7.09. The van der Waals surface area contributed by atoms with Gasteiger partial charge in [-0.05, 0) is 54.8 Å². The van der Waals surface area contributed by atoms with Crippen LogP contribution < -0.4 is 20.9 Å². The minimum atomic E-state index is -0.172. The van der Waals surface area contributed by atoms with Crippen LogP contribution in [0, 0.1) is 11.3 Å². The molecule has 0 spiro atoms. The number of nitrogens with one attached hydrogen (secondary N) is 3. The predicted molar refractivity (Wildman–Crippen MR) is 176 cm³/mol. The fourth-order valence-corrected chi connectivity index (χ4v) is 6.14. The Balaban J connectivity index is 1.13. The number of aryl methyl sites for hydroxylation is 1. The Morgan fingerprint density at radius 3 is 2.53 bits per heavy atom. The van der Waals surface area contributed by atoms with Crippen molar-refractivity contribution in [2.24, 2.45) is 7.05 Å². The van der Waals surface area contributed by atoms with Crippen molar-refractivity contribution in [2.45, 2.75) is 50.9 Å². The Kier molecular flexibility index (Phi) is 9.27. The molecule has 1 fully saturated rings. The Bertz CT molecular complexity index is 1740. The molecule has 4 aromatic heterocycles. The van der Waals surface area contributed by atoms with Gasteiger partial charge in [-0.2, -0.15) is 15.3 Å². The number of hydrogen-bond acceptors (Lipinski definition) is 9. The number of carbonyl (C=O) groups is 1. The first-order valence-corrected chi connectivity index (χ1v) is 15.8. The molecule has 1 saturated carbocycles. The van der Waals surface area contributed by atoms with E-state index in [2.05, 4.69) is 37.1 Å². The Morgan fingerprint density at radius 2 is 1.84 bits per heavy atom. The molecule has 11 nitrogen and oxygen atoms in total. The van der Waals surface area contributed by atoms with Crippen molar-refractivity contribution in [3.63, 3.8) is 0 Å². The number of thiophene rings is 1. The van der Waals surface area contributed by atoms with Crippen molar-refractivity contribution in [2.75, 3.05) is 15.5 Å². The third-order valence-corrected chi connectivity index (χ3v) is 8.73. The molecule has 228 valence electrons. The van der Waals surface area contributed by atoms with Gasteiger partial charge in [-0.25, -0.2) is 14.8 Å². The van der Waals surface area contributed by atoms with E-state index in [0.717, 1.165) is 47.3 Å². The van der Waals surface area contributed by atoms with E-state index in [1.54, 1.807) is 39.5 Å². The van der Waals surface area contributed by atoms with Crippen molar-refractivity contribution in [1.29, 1.82) is 5.26 Å². The van der Waals surface area contributed by atoms with Crippen LogP contribution in [-0.4, -0.2) is 42.8 Å². The highest BCUT2D eigenvalue weighted by Gasteiger charge is 2.31. The van der Waals surface area contributed by atoms with E-state index in [1.807, 2.05) is 73.2 Å². The van der Waals surface area contributed by atoms with Crippen LogP contribution in [0.2, 0.25) is 0 Å². The number of benzene rings is 1. The van der Waals surface area contributed by atoms with Crippen LogP contribution in [0.15, 0.2) is 84.8 Å². The Labute approximate surface area is 266 Å². The molecule has 6 rings (SSSR count). The number of carbonyl (C=O) groups excluding carboxylic acids is 1. The molecule has 2 amide bonds. The maximum absolute atomic E-state index is 13.7. The first-order valence-electron chi connectivity index (χ1n) is 14.9. The highest BCUT2D eigenvalue weighted by atomic mass is 32.1. The molecule has 1 aliphatic carbocycles. The average Bonchev–Trinajstić information content (AvgIpc) is 3.77. The molecule has 0 atom stereocenters. The second kappa shape index (κ2) is 14.0. The summed E-state index contributed by atoms with van der Waals surface area (Å²) >= 11 is 1.65. The number of pyridine rings is 1. The van der Waals surface area contributed by atoms with Crippen LogP contribution in [0.3, 0.4) is 0 Å². The summed E-state index contributed by atoms with van der Waals surface area (Å²) in [5, 5.41) is 25.7. The smallest absolute Gasteiger partial charge is 0.323 e. The molecule has 1 aromatic carbocycles. The summed E-state index contributed by atoms with van der Waals surface area (Å²) in [7, 11) is 1.88. The second-order valence-electron chi connectivity index (χ2n) is 11.0. The molecule has 0 radical (unpaired) electrons. The number of rotatable bonds is 10. The number of amides is 2. The number of nitrogens with zero attached hydrogens (tertiary/aromatic N) is 7. The standard InChI is InChI=1S/C33H34N10OS/c1-42-22-26(20-39-42)24-9-14-30(35-18-24)43(33(44)38-17-23-6-3-2-4-7-23)28-12-10-27(11-13-28)40-32-37-19-25(16-34)31(41-32)36-21-29-8-5-15-45-29/h2-9,14-15,18-20,22,27-28H,10-13,17,21H2,1H3,(H,38,44)(H2,36,37,40,41)/t27-,28-. The van der Waals surface area contributed by atoms with Crippen molar-refractivity contribution in [3.05, 3.63) is 101 Å². The van der Waals surface area contributed by atoms with Gasteiger partial charge in [0.2, 0.25) is 5.95 Å². The molecule has 0 saturated heterocycles. The van der Waals surface area contributed by atoms with Gasteiger partial charge in [-0.3, -0.25) is 9.58 Å². The van der Waals surface area contributed by atoms with Gasteiger partial charge in [0.25, 0.3) is 0 Å². The number of anilines is 3. The highest BCUT2D eigenvalue weighted by Crippen LogP contribution is 2.30. The SMILES string of the molecule is Cn1cc(-c2ccc(N(C(=O)NCc3ccccc3)[C@H]3CC[C@H](Nc4ncc(C#N)c(NCc5cccs5)n4)CC3)nc2)cn1. The van der Waals surface area contributed by atoms with Crippen LogP contribution in [0.5, 0.6) is 0 Å². The van der Waals surface area contributed by atoms with Gasteiger partial charge < -0.3 is 16.0 Å². The summed E-state index contributed by atoms with van der Waals surface area (Å²) in [5.74, 6) is 1.61. The monoisotopic (exact) mass is 618 g/mol. The molecular formula is C33H34N10OS. The number of aromatic nitrogens is 5. The van der Waals surface area contributed by atoms with Crippen molar-refractivity contribution in [1.82, 2.24) is 30.0 Å². The van der Waals surface area contributed by atoms with E-state index < -0.39 is 0 Å². The normalized spacial score (nSPS) is 16.0. The fourth-order valence-electron chi connectivity index (χ4n) is 5.50. The van der Waals surface area contributed by atoms with Crippen LogP contribution >= 0.6 is 11.3 Å². The third-order valence-electron chi connectivity index (χ3n) is 7.85. The lowest BCUT2D eigenvalue weighted by molar-refractivity contribution is 0.240. The van der Waals surface area contributed by atoms with Crippen LogP contribution in [0.25, 0.3) is 11.1 Å². The van der Waals surface area contributed by atoms with Crippen molar-refractivity contribution >= 4 is 35.0 Å². The number of hydrogen-bond donors (Lipinski definition) is 3. The summed E-state index contributed by atoms with van der Waals surface area (Å²) in [4.78, 5) is 30.4. The first-order chi connectivity index (χ1) is 22.1. The first kappa shape index (κ1) is 29.8. The van der Waals surface area contributed by atoms with Gasteiger partial charge >= 0.3 is 6.03 Å². The van der Waals surface area contributed by atoms with Gasteiger partial charge in [0.1, 0.15) is 23.3 Å². The van der Waals surface area contributed by atoms with Gasteiger partial charge in [0, 0.05) is 54.1 Å². The van der Waals surface area contributed by atoms with E-state index >= 15 is 0 Å². The lowest BCUT2D eigenvalue weighted by atomic mass is 9.90. The lowest BCUT2D eigenvalue weighted by Gasteiger charge is -2.36. The summed E-state index contributed by atoms with van der Waals surface area (Å²) < 4.78 is 1.75. The molecule has 0 unspecified atom stereocenters. The van der Waals surface area contributed by atoms with E-state index in [0.29, 0.717) is 36.2 Å². The molecule has 4 heterocycles. The zero-order valence-electron chi connectivity index (χ0n) is 24.9.